The topological polar surface area (TPSA) is 49.5 Å². The van der Waals surface area contributed by atoms with Crippen molar-refractivity contribution >= 4 is 0 Å². The van der Waals surface area contributed by atoms with Crippen LogP contribution in [-0.4, -0.2) is 40.8 Å². The van der Waals surface area contributed by atoms with Crippen molar-refractivity contribution in [3.63, 3.8) is 0 Å². The molecule has 2 atom stereocenters. The maximum Gasteiger partial charge on any atom is 0.0603 e. The number of likely N-dealkylation sites (tertiary alicyclic amines) is 1. The number of aliphatic hydroxyl groups is 1. The van der Waals surface area contributed by atoms with Crippen molar-refractivity contribution in [3.05, 3.63) is 0 Å². The van der Waals surface area contributed by atoms with E-state index in [1.807, 2.05) is 13.8 Å². The van der Waals surface area contributed by atoms with Crippen LogP contribution in [0, 0.1) is 0 Å². The number of hydrogen-bond acceptors (Lipinski definition) is 3. The number of hydrogen-bond donors (Lipinski definition) is 2. The second kappa shape index (κ2) is 5.28. The highest BCUT2D eigenvalue weighted by atomic mass is 16.3. The zero-order valence-corrected chi connectivity index (χ0v) is 10.4. The first-order valence-electron chi connectivity index (χ1n) is 6.12. The van der Waals surface area contributed by atoms with Gasteiger partial charge < -0.3 is 10.8 Å². The summed E-state index contributed by atoms with van der Waals surface area (Å²) < 4.78 is 0. The molecular formula is C12H26N2O. The lowest BCUT2D eigenvalue weighted by atomic mass is 9.95. The molecule has 0 bridgehead atoms. The van der Waals surface area contributed by atoms with Gasteiger partial charge in [0.1, 0.15) is 0 Å². The first kappa shape index (κ1) is 12.9. The highest BCUT2D eigenvalue weighted by Crippen LogP contribution is 2.20. The van der Waals surface area contributed by atoms with Crippen LogP contribution >= 0.6 is 0 Å². The molecule has 0 amide bonds. The molecule has 0 aromatic carbocycles. The van der Waals surface area contributed by atoms with Gasteiger partial charge in [0.25, 0.3) is 0 Å². The fraction of sp³-hybridized carbons (Fsp3) is 1.00. The summed E-state index contributed by atoms with van der Waals surface area (Å²) in [6, 6.07) is 0.758. The Morgan fingerprint density at radius 2 is 2.13 bits per heavy atom. The minimum absolute atomic E-state index is 0.243. The van der Waals surface area contributed by atoms with Crippen LogP contribution in [0.4, 0.5) is 0 Å². The largest absolute Gasteiger partial charge is 0.390 e. The predicted molar refractivity (Wildman–Crippen MR) is 63.8 cm³/mol. The van der Waals surface area contributed by atoms with Gasteiger partial charge in [-0.3, -0.25) is 4.90 Å². The van der Waals surface area contributed by atoms with Gasteiger partial charge in [0, 0.05) is 18.6 Å². The van der Waals surface area contributed by atoms with Gasteiger partial charge in [-0.25, -0.2) is 0 Å². The Labute approximate surface area is 93.6 Å². The maximum absolute atomic E-state index is 9.72. The van der Waals surface area contributed by atoms with E-state index in [1.54, 1.807) is 0 Å². The molecule has 2 unspecified atom stereocenters. The van der Waals surface area contributed by atoms with Crippen LogP contribution in [0.15, 0.2) is 0 Å². The summed E-state index contributed by atoms with van der Waals surface area (Å²) in [5, 5.41) is 9.72. The monoisotopic (exact) mass is 214 g/mol. The van der Waals surface area contributed by atoms with Crippen LogP contribution in [0.1, 0.15) is 46.5 Å². The molecule has 1 rings (SSSR count). The van der Waals surface area contributed by atoms with Gasteiger partial charge >= 0.3 is 0 Å². The van der Waals surface area contributed by atoms with E-state index >= 15 is 0 Å². The maximum atomic E-state index is 9.72. The van der Waals surface area contributed by atoms with E-state index in [0.29, 0.717) is 6.04 Å². The number of nitrogens with zero attached hydrogens (tertiary/aromatic N) is 1. The summed E-state index contributed by atoms with van der Waals surface area (Å²) in [7, 11) is 0. The third kappa shape index (κ3) is 4.49. The normalized spacial score (nSPS) is 26.6. The molecule has 1 heterocycles. The van der Waals surface area contributed by atoms with Crippen molar-refractivity contribution in [3.8, 4) is 0 Å². The zero-order chi connectivity index (χ0) is 11.5. The van der Waals surface area contributed by atoms with Crippen molar-refractivity contribution in [2.24, 2.45) is 5.73 Å². The third-order valence-electron chi connectivity index (χ3n) is 3.28. The molecule has 0 aliphatic carbocycles. The Kier molecular flexibility index (Phi) is 4.56. The van der Waals surface area contributed by atoms with Gasteiger partial charge in [-0.2, -0.15) is 0 Å². The van der Waals surface area contributed by atoms with E-state index < -0.39 is 5.60 Å². The molecule has 0 saturated carbocycles. The molecule has 15 heavy (non-hydrogen) atoms. The zero-order valence-electron chi connectivity index (χ0n) is 10.4. The Hall–Kier alpha value is -0.120. The molecule has 90 valence electrons. The first-order chi connectivity index (χ1) is 6.90. The summed E-state index contributed by atoms with van der Waals surface area (Å²) in [6.45, 7) is 7.95. The van der Waals surface area contributed by atoms with Crippen molar-refractivity contribution < 1.29 is 5.11 Å². The molecule has 1 fully saturated rings. The Morgan fingerprint density at radius 3 is 2.67 bits per heavy atom. The molecule has 1 saturated heterocycles. The lowest BCUT2D eigenvalue weighted by molar-refractivity contribution is 0.0411. The van der Waals surface area contributed by atoms with Gasteiger partial charge in [-0.1, -0.05) is 6.42 Å². The van der Waals surface area contributed by atoms with Crippen molar-refractivity contribution in [2.75, 3.05) is 13.1 Å². The van der Waals surface area contributed by atoms with Gasteiger partial charge in [0.05, 0.1) is 5.60 Å². The Morgan fingerprint density at radius 1 is 1.47 bits per heavy atom. The SMILES string of the molecule is CC(N)C1CCCCN1CCC(C)(C)O. The summed E-state index contributed by atoms with van der Waals surface area (Å²) in [5.41, 5.74) is 5.44. The van der Waals surface area contributed by atoms with Crippen molar-refractivity contribution in [1.29, 1.82) is 0 Å². The van der Waals surface area contributed by atoms with Crippen LogP contribution in [0.3, 0.4) is 0 Å². The van der Waals surface area contributed by atoms with E-state index in [4.69, 9.17) is 5.73 Å². The smallest absolute Gasteiger partial charge is 0.0603 e. The summed E-state index contributed by atoms with van der Waals surface area (Å²) in [6.07, 6.45) is 4.61. The van der Waals surface area contributed by atoms with Crippen LogP contribution in [0.5, 0.6) is 0 Å². The van der Waals surface area contributed by atoms with E-state index in [0.717, 1.165) is 19.5 Å². The highest BCUT2D eigenvalue weighted by molar-refractivity contribution is 4.84. The molecule has 3 N–H and O–H groups in total. The van der Waals surface area contributed by atoms with E-state index in [2.05, 4.69) is 11.8 Å². The quantitative estimate of drug-likeness (QED) is 0.742. The van der Waals surface area contributed by atoms with E-state index in [9.17, 15) is 5.11 Å². The fourth-order valence-electron chi connectivity index (χ4n) is 2.31. The van der Waals surface area contributed by atoms with Gasteiger partial charge in [-0.05, 0) is 46.6 Å². The first-order valence-corrected chi connectivity index (χ1v) is 6.12. The number of piperidine rings is 1. The van der Waals surface area contributed by atoms with Crippen LogP contribution < -0.4 is 5.73 Å². The minimum atomic E-state index is -0.556. The molecule has 1 aliphatic rings. The second-order valence-electron chi connectivity index (χ2n) is 5.52. The lowest BCUT2D eigenvalue weighted by Gasteiger charge is -2.39. The standard InChI is InChI=1S/C12H26N2O/c1-10(13)11-6-4-5-8-14(11)9-7-12(2,3)15/h10-11,15H,4-9,13H2,1-3H3. The van der Waals surface area contributed by atoms with E-state index in [1.165, 1.54) is 19.3 Å². The molecular weight excluding hydrogens is 188 g/mol. The summed E-state index contributed by atoms with van der Waals surface area (Å²) in [4.78, 5) is 2.45. The van der Waals surface area contributed by atoms with Crippen LogP contribution in [0.2, 0.25) is 0 Å². The lowest BCUT2D eigenvalue weighted by Crippen LogP contribution is -2.50. The van der Waals surface area contributed by atoms with Gasteiger partial charge in [0.2, 0.25) is 0 Å². The summed E-state index contributed by atoms with van der Waals surface area (Å²) in [5.74, 6) is 0. The molecule has 3 nitrogen and oxygen atoms in total. The molecule has 0 aromatic heterocycles. The molecule has 0 radical (unpaired) electrons. The second-order valence-corrected chi connectivity index (χ2v) is 5.52. The van der Waals surface area contributed by atoms with Gasteiger partial charge in [0.15, 0.2) is 0 Å². The molecule has 0 aromatic rings. The summed E-state index contributed by atoms with van der Waals surface area (Å²) >= 11 is 0. The van der Waals surface area contributed by atoms with Crippen molar-refractivity contribution in [1.82, 2.24) is 4.90 Å². The molecule has 1 aliphatic heterocycles. The average Bonchev–Trinajstić information content (AvgIpc) is 2.14. The van der Waals surface area contributed by atoms with Crippen LogP contribution in [0.25, 0.3) is 0 Å². The predicted octanol–water partition coefficient (Wildman–Crippen LogP) is 1.35. The highest BCUT2D eigenvalue weighted by Gasteiger charge is 2.26. The van der Waals surface area contributed by atoms with Gasteiger partial charge in [-0.15, -0.1) is 0 Å². The minimum Gasteiger partial charge on any atom is -0.390 e. The van der Waals surface area contributed by atoms with E-state index in [-0.39, 0.29) is 6.04 Å². The average molecular weight is 214 g/mol. The number of nitrogens with two attached hydrogens (primary N) is 1. The van der Waals surface area contributed by atoms with Crippen molar-refractivity contribution in [2.45, 2.75) is 64.1 Å². The van der Waals surface area contributed by atoms with Crippen LogP contribution in [-0.2, 0) is 0 Å². The Bertz CT molecular complexity index is 187. The fourth-order valence-corrected chi connectivity index (χ4v) is 2.31. The third-order valence-corrected chi connectivity index (χ3v) is 3.28. The molecule has 0 spiro atoms. The Balaban J connectivity index is 2.43. The molecule has 3 heteroatoms. The number of rotatable bonds is 4.